The number of rotatable bonds is 8. The monoisotopic (exact) mass is 428 g/mol. The molecule has 0 radical (unpaired) electrons. The fourth-order valence-electron chi connectivity index (χ4n) is 3.36. The highest BCUT2D eigenvalue weighted by Gasteiger charge is 2.17. The van der Waals surface area contributed by atoms with Crippen molar-refractivity contribution in [3.8, 4) is 5.75 Å². The van der Waals surface area contributed by atoms with E-state index in [9.17, 15) is 4.79 Å². The molecule has 4 nitrogen and oxygen atoms in total. The number of aliphatic imine (C=N–C) groups is 1. The van der Waals surface area contributed by atoms with Crippen LogP contribution in [0, 0.1) is 5.92 Å². The van der Waals surface area contributed by atoms with Crippen LogP contribution in [0.3, 0.4) is 0 Å². The van der Waals surface area contributed by atoms with Crippen LogP contribution in [0.1, 0.15) is 43.4 Å². The molecule has 0 spiro atoms. The van der Waals surface area contributed by atoms with E-state index in [-0.39, 0.29) is 11.9 Å². The Hall–Kier alpha value is -3.40. The molecule has 1 atom stereocenters. The molecule has 0 aliphatic heterocycles. The highest BCUT2D eigenvalue weighted by Crippen LogP contribution is 2.23. The Morgan fingerprint density at radius 3 is 2.09 bits per heavy atom. The van der Waals surface area contributed by atoms with E-state index in [2.05, 4.69) is 48.0 Å². The van der Waals surface area contributed by atoms with E-state index in [0.29, 0.717) is 11.7 Å². The Morgan fingerprint density at radius 1 is 0.906 bits per heavy atom. The van der Waals surface area contributed by atoms with Gasteiger partial charge in [-0.15, -0.1) is 0 Å². The Labute approximate surface area is 191 Å². The van der Waals surface area contributed by atoms with Crippen LogP contribution in [-0.4, -0.2) is 26.3 Å². The summed E-state index contributed by atoms with van der Waals surface area (Å²) in [6.45, 7) is 6.28. The van der Waals surface area contributed by atoms with E-state index >= 15 is 0 Å². The third-order valence-corrected chi connectivity index (χ3v) is 5.30. The lowest BCUT2D eigenvalue weighted by Crippen LogP contribution is -2.16. The molecule has 3 aromatic rings. The van der Waals surface area contributed by atoms with Crippen LogP contribution in [0.4, 0.5) is 11.4 Å². The van der Waals surface area contributed by atoms with Crippen molar-refractivity contribution in [2.75, 3.05) is 19.0 Å². The Bertz CT molecular complexity index is 1030. The van der Waals surface area contributed by atoms with Gasteiger partial charge in [-0.3, -0.25) is 9.79 Å². The third kappa shape index (κ3) is 6.55. The first-order valence-electron chi connectivity index (χ1n) is 11.0. The van der Waals surface area contributed by atoms with Gasteiger partial charge in [0.05, 0.1) is 11.6 Å². The molecule has 0 amide bonds. The molecule has 1 unspecified atom stereocenters. The number of nitrogens with zero attached hydrogens (tertiary/aromatic N) is 2. The minimum atomic E-state index is -0.328. The smallest absolute Gasteiger partial charge is 0.318 e. The number of carbonyl (C=O) groups excluding carboxylic acids is 1. The molecule has 0 bridgehead atoms. The maximum Gasteiger partial charge on any atom is 0.318 e. The summed E-state index contributed by atoms with van der Waals surface area (Å²) in [4.78, 5) is 19.2. The van der Waals surface area contributed by atoms with Gasteiger partial charge in [0.1, 0.15) is 5.75 Å². The predicted molar refractivity (Wildman–Crippen MR) is 133 cm³/mol. The summed E-state index contributed by atoms with van der Waals surface area (Å²) >= 11 is 0. The Kier molecular flexibility index (Phi) is 7.82. The minimum absolute atomic E-state index is 0.265. The molecule has 0 saturated heterocycles. The van der Waals surface area contributed by atoms with E-state index in [1.54, 1.807) is 12.1 Å². The largest absolute Gasteiger partial charge is 0.426 e. The molecule has 3 aromatic carbocycles. The highest BCUT2D eigenvalue weighted by molar-refractivity contribution is 5.83. The summed E-state index contributed by atoms with van der Waals surface area (Å²) in [5.74, 6) is 0.538. The molecule has 0 aliphatic carbocycles. The number of esters is 1. The Morgan fingerprint density at radius 2 is 1.53 bits per heavy atom. The zero-order valence-electron chi connectivity index (χ0n) is 19.6. The van der Waals surface area contributed by atoms with Crippen LogP contribution in [-0.2, 0) is 11.2 Å². The van der Waals surface area contributed by atoms with E-state index < -0.39 is 0 Å². The van der Waals surface area contributed by atoms with E-state index in [4.69, 9.17) is 4.74 Å². The predicted octanol–water partition coefficient (Wildman–Crippen LogP) is 6.41. The first-order valence-corrected chi connectivity index (χ1v) is 11.0. The van der Waals surface area contributed by atoms with Crippen molar-refractivity contribution in [1.29, 1.82) is 0 Å². The van der Waals surface area contributed by atoms with Crippen molar-refractivity contribution in [2.45, 2.75) is 33.1 Å². The van der Waals surface area contributed by atoms with Gasteiger partial charge in [-0.05, 0) is 72.4 Å². The van der Waals surface area contributed by atoms with Gasteiger partial charge < -0.3 is 9.64 Å². The van der Waals surface area contributed by atoms with Crippen molar-refractivity contribution in [3.63, 3.8) is 0 Å². The summed E-state index contributed by atoms with van der Waals surface area (Å²) in [6.07, 6.45) is 2.86. The number of carbonyl (C=O) groups is 1. The highest BCUT2D eigenvalue weighted by atomic mass is 16.5. The molecule has 0 heterocycles. The second kappa shape index (κ2) is 10.8. The molecule has 0 aliphatic rings. The van der Waals surface area contributed by atoms with Crippen molar-refractivity contribution in [3.05, 3.63) is 89.5 Å². The van der Waals surface area contributed by atoms with Crippen molar-refractivity contribution < 1.29 is 9.53 Å². The summed E-state index contributed by atoms with van der Waals surface area (Å²) in [5.41, 5.74) is 5.22. The van der Waals surface area contributed by atoms with Gasteiger partial charge in [-0.2, -0.15) is 0 Å². The fraction of sp³-hybridized carbons (Fsp3) is 0.286. The van der Waals surface area contributed by atoms with Crippen LogP contribution in [0.5, 0.6) is 5.75 Å². The second-order valence-corrected chi connectivity index (χ2v) is 8.72. The number of hydrogen-bond donors (Lipinski definition) is 0. The normalized spacial score (nSPS) is 12.2. The standard InChI is InChI=1S/C28H32N2O2/c1-20(2)18-22-6-10-24(11-7-22)21(3)28(31)32-27-16-12-25(13-17-27)29-19-23-8-14-26(15-9-23)30(4)5/h6-17,19-21H,18H2,1-5H3. The molecular weight excluding hydrogens is 396 g/mol. The van der Waals surface area contributed by atoms with Crippen LogP contribution < -0.4 is 9.64 Å². The lowest BCUT2D eigenvalue weighted by atomic mass is 9.97. The molecule has 32 heavy (non-hydrogen) atoms. The molecule has 0 fully saturated rings. The third-order valence-electron chi connectivity index (χ3n) is 5.30. The minimum Gasteiger partial charge on any atom is -0.426 e. The molecule has 166 valence electrons. The zero-order chi connectivity index (χ0) is 23.1. The number of ether oxygens (including phenoxy) is 1. The van der Waals surface area contributed by atoms with Crippen LogP contribution in [0.2, 0.25) is 0 Å². The van der Waals surface area contributed by atoms with Crippen molar-refractivity contribution in [1.82, 2.24) is 0 Å². The molecule has 0 N–H and O–H groups in total. The van der Waals surface area contributed by atoms with Gasteiger partial charge in [-0.25, -0.2) is 0 Å². The van der Waals surface area contributed by atoms with Gasteiger partial charge in [0.2, 0.25) is 0 Å². The number of hydrogen-bond acceptors (Lipinski definition) is 4. The summed E-state index contributed by atoms with van der Waals surface area (Å²) in [7, 11) is 4.03. The van der Waals surface area contributed by atoms with Gasteiger partial charge in [0.25, 0.3) is 0 Å². The van der Waals surface area contributed by atoms with E-state index in [1.807, 2.05) is 63.6 Å². The molecule has 3 rings (SSSR count). The van der Waals surface area contributed by atoms with E-state index in [1.165, 1.54) is 5.56 Å². The van der Waals surface area contributed by atoms with Gasteiger partial charge in [0.15, 0.2) is 0 Å². The molecule has 0 saturated carbocycles. The van der Waals surface area contributed by atoms with Crippen LogP contribution in [0.15, 0.2) is 77.8 Å². The topological polar surface area (TPSA) is 41.9 Å². The summed E-state index contributed by atoms with van der Waals surface area (Å²) in [5, 5.41) is 0. The van der Waals surface area contributed by atoms with Crippen LogP contribution >= 0.6 is 0 Å². The van der Waals surface area contributed by atoms with Gasteiger partial charge >= 0.3 is 5.97 Å². The van der Waals surface area contributed by atoms with Crippen molar-refractivity contribution in [2.24, 2.45) is 10.9 Å². The van der Waals surface area contributed by atoms with Crippen molar-refractivity contribution >= 4 is 23.6 Å². The quantitative estimate of drug-likeness (QED) is 0.236. The second-order valence-electron chi connectivity index (χ2n) is 8.72. The zero-order valence-corrected chi connectivity index (χ0v) is 19.6. The average molecular weight is 429 g/mol. The van der Waals surface area contributed by atoms with Gasteiger partial charge in [0, 0.05) is 26.0 Å². The lowest BCUT2D eigenvalue weighted by molar-refractivity contribution is -0.135. The van der Waals surface area contributed by atoms with Gasteiger partial charge in [-0.1, -0.05) is 50.2 Å². The number of anilines is 1. The Balaban J connectivity index is 1.58. The first-order chi connectivity index (χ1) is 15.3. The molecular formula is C28H32N2O2. The summed E-state index contributed by atoms with van der Waals surface area (Å²) < 4.78 is 5.58. The fourth-order valence-corrected chi connectivity index (χ4v) is 3.36. The molecule has 4 heteroatoms. The maximum atomic E-state index is 12.6. The molecule has 0 aromatic heterocycles. The lowest BCUT2D eigenvalue weighted by Gasteiger charge is -2.13. The maximum absolute atomic E-state index is 12.6. The SMILES string of the molecule is CC(C)Cc1ccc(C(C)C(=O)Oc2ccc(N=Cc3ccc(N(C)C)cc3)cc2)cc1. The summed E-state index contributed by atoms with van der Waals surface area (Å²) in [6, 6.07) is 23.7. The van der Waals surface area contributed by atoms with E-state index in [0.717, 1.165) is 28.9 Å². The first kappa shape index (κ1) is 23.3. The van der Waals surface area contributed by atoms with Crippen LogP contribution in [0.25, 0.3) is 0 Å². The average Bonchev–Trinajstić information content (AvgIpc) is 2.78. The number of benzene rings is 3.